The first-order chi connectivity index (χ1) is 9.13. The summed E-state index contributed by atoms with van der Waals surface area (Å²) in [6.07, 6.45) is 2.77. The highest BCUT2D eigenvalue weighted by atomic mass is 32.2. The molecule has 19 heavy (non-hydrogen) atoms. The molecule has 2 fully saturated rings. The second-order valence-corrected chi connectivity index (χ2v) is 5.71. The number of hydrogen-bond donors (Lipinski definition) is 1. The van der Waals surface area contributed by atoms with Gasteiger partial charge in [0.25, 0.3) is 0 Å². The van der Waals surface area contributed by atoms with E-state index in [4.69, 9.17) is 4.74 Å². The summed E-state index contributed by atoms with van der Waals surface area (Å²) in [5.74, 6) is 0.385. The topological polar surface area (TPSA) is 75.7 Å². The van der Waals surface area contributed by atoms with Crippen LogP contribution in [0.1, 0.15) is 25.7 Å². The van der Waals surface area contributed by atoms with Crippen molar-refractivity contribution in [1.29, 1.82) is 0 Å². The maximum Gasteiger partial charge on any atom is 0.329 e. The van der Waals surface area contributed by atoms with Crippen LogP contribution in [0.2, 0.25) is 0 Å². The number of rotatable bonds is 2. The van der Waals surface area contributed by atoms with Crippen molar-refractivity contribution >= 4 is 29.5 Å². The summed E-state index contributed by atoms with van der Waals surface area (Å²) in [7, 11) is 1.32. The molecule has 7 heteroatoms. The van der Waals surface area contributed by atoms with Crippen LogP contribution in [0.15, 0.2) is 0 Å². The minimum absolute atomic E-state index is 0.0858. The molecule has 2 amide bonds. The van der Waals surface area contributed by atoms with Gasteiger partial charge in [0.2, 0.25) is 11.8 Å². The van der Waals surface area contributed by atoms with Crippen molar-refractivity contribution in [2.24, 2.45) is 0 Å². The molecule has 2 unspecified atom stereocenters. The molecule has 2 aliphatic rings. The van der Waals surface area contributed by atoms with Crippen molar-refractivity contribution in [1.82, 2.24) is 10.2 Å². The lowest BCUT2D eigenvalue weighted by Crippen LogP contribution is -2.51. The van der Waals surface area contributed by atoms with Crippen molar-refractivity contribution in [3.05, 3.63) is 0 Å². The average Bonchev–Trinajstić information content (AvgIpc) is 2.79. The van der Waals surface area contributed by atoms with E-state index in [1.807, 2.05) is 0 Å². The predicted molar refractivity (Wildman–Crippen MR) is 70.4 cm³/mol. The Balaban J connectivity index is 2.05. The molecule has 106 valence electrons. The van der Waals surface area contributed by atoms with E-state index in [-0.39, 0.29) is 11.8 Å². The molecule has 6 nitrogen and oxygen atoms in total. The van der Waals surface area contributed by atoms with Crippen molar-refractivity contribution < 1.29 is 19.1 Å². The van der Waals surface area contributed by atoms with Crippen LogP contribution >= 0.6 is 11.8 Å². The van der Waals surface area contributed by atoms with E-state index < -0.39 is 18.1 Å². The molecule has 0 saturated carbocycles. The van der Waals surface area contributed by atoms with Gasteiger partial charge in [0.15, 0.2) is 0 Å². The number of thioether (sulfide) groups is 1. The number of nitrogens with zero attached hydrogens (tertiary/aromatic N) is 1. The fourth-order valence-corrected chi connectivity index (χ4v) is 3.50. The van der Waals surface area contributed by atoms with Crippen molar-refractivity contribution in [2.75, 3.05) is 18.7 Å². The Morgan fingerprint density at radius 2 is 2.21 bits per heavy atom. The highest BCUT2D eigenvalue weighted by Gasteiger charge is 2.38. The minimum Gasteiger partial charge on any atom is -0.467 e. The van der Waals surface area contributed by atoms with E-state index in [1.54, 1.807) is 0 Å². The van der Waals surface area contributed by atoms with E-state index in [0.29, 0.717) is 24.5 Å². The standard InChI is InChI=1S/C12H18N2O4S/c1-18-12(17)9-6-19-7-14(9)11(16)8-4-2-3-5-10(15)13-8/h8-9H,2-7H2,1H3,(H,13,15). The lowest BCUT2D eigenvalue weighted by Gasteiger charge is -2.26. The van der Waals surface area contributed by atoms with Gasteiger partial charge in [0.05, 0.1) is 13.0 Å². The van der Waals surface area contributed by atoms with Gasteiger partial charge in [-0.2, -0.15) is 0 Å². The minimum atomic E-state index is -0.525. The van der Waals surface area contributed by atoms with Crippen molar-refractivity contribution in [3.63, 3.8) is 0 Å². The van der Waals surface area contributed by atoms with E-state index in [1.165, 1.54) is 23.8 Å². The van der Waals surface area contributed by atoms with Crippen molar-refractivity contribution in [2.45, 2.75) is 37.8 Å². The Kier molecular flexibility index (Phi) is 4.68. The molecule has 0 spiro atoms. The summed E-state index contributed by atoms with van der Waals surface area (Å²) in [4.78, 5) is 37.1. The van der Waals surface area contributed by atoms with Gasteiger partial charge >= 0.3 is 5.97 Å². The van der Waals surface area contributed by atoms with Crippen LogP contribution in [0.3, 0.4) is 0 Å². The average molecular weight is 286 g/mol. The van der Waals surface area contributed by atoms with Crippen LogP contribution in [0.5, 0.6) is 0 Å². The fourth-order valence-electron chi connectivity index (χ4n) is 2.35. The number of carbonyl (C=O) groups excluding carboxylic acids is 3. The van der Waals surface area contributed by atoms with Crippen LogP contribution in [0.25, 0.3) is 0 Å². The molecular weight excluding hydrogens is 268 g/mol. The molecule has 0 radical (unpaired) electrons. The maximum absolute atomic E-state index is 12.4. The fraction of sp³-hybridized carbons (Fsp3) is 0.750. The molecule has 0 aromatic carbocycles. The molecule has 0 aromatic rings. The molecule has 2 saturated heterocycles. The normalized spacial score (nSPS) is 27.6. The molecule has 2 heterocycles. The van der Waals surface area contributed by atoms with Gasteiger partial charge in [-0.25, -0.2) is 4.79 Å². The van der Waals surface area contributed by atoms with E-state index >= 15 is 0 Å². The molecule has 2 rings (SSSR count). The summed E-state index contributed by atoms with van der Waals surface area (Å²) in [6, 6.07) is -1.02. The molecule has 0 aromatic heterocycles. The summed E-state index contributed by atoms with van der Waals surface area (Å²) in [6.45, 7) is 0. The van der Waals surface area contributed by atoms with Gasteiger partial charge in [0, 0.05) is 12.2 Å². The van der Waals surface area contributed by atoms with E-state index in [2.05, 4.69) is 5.32 Å². The zero-order valence-corrected chi connectivity index (χ0v) is 11.7. The second kappa shape index (κ2) is 6.27. The Morgan fingerprint density at radius 1 is 1.42 bits per heavy atom. The number of carbonyl (C=O) groups is 3. The van der Waals surface area contributed by atoms with Crippen LogP contribution < -0.4 is 5.32 Å². The van der Waals surface area contributed by atoms with Gasteiger partial charge in [0.1, 0.15) is 12.1 Å². The Bertz CT molecular complexity index is 388. The number of nitrogens with one attached hydrogen (secondary N) is 1. The monoisotopic (exact) mass is 286 g/mol. The quantitative estimate of drug-likeness (QED) is 0.730. The molecular formula is C12H18N2O4S. The second-order valence-electron chi connectivity index (χ2n) is 4.71. The first-order valence-electron chi connectivity index (χ1n) is 6.39. The van der Waals surface area contributed by atoms with Gasteiger partial charge in [-0.1, -0.05) is 6.42 Å². The van der Waals surface area contributed by atoms with Gasteiger partial charge < -0.3 is 15.0 Å². The van der Waals surface area contributed by atoms with Crippen LogP contribution in [0.4, 0.5) is 0 Å². The number of ether oxygens (including phenoxy) is 1. The van der Waals surface area contributed by atoms with Crippen LogP contribution in [-0.2, 0) is 19.1 Å². The number of amides is 2. The predicted octanol–water partition coefficient (Wildman–Crippen LogP) is 0.120. The Labute approximate surface area is 116 Å². The SMILES string of the molecule is COC(=O)C1CSCN1C(=O)C1CCCCC(=O)N1. The van der Waals surface area contributed by atoms with Gasteiger partial charge in [-0.3, -0.25) is 9.59 Å². The summed E-state index contributed by atoms with van der Waals surface area (Å²) >= 11 is 1.52. The lowest BCUT2D eigenvalue weighted by atomic mass is 10.1. The molecule has 0 bridgehead atoms. The molecule has 0 aliphatic carbocycles. The highest BCUT2D eigenvalue weighted by molar-refractivity contribution is 7.99. The molecule has 2 atom stereocenters. The summed E-state index contributed by atoms with van der Waals surface area (Å²) in [5, 5.41) is 2.74. The smallest absolute Gasteiger partial charge is 0.329 e. The highest BCUT2D eigenvalue weighted by Crippen LogP contribution is 2.24. The third-order valence-corrected chi connectivity index (χ3v) is 4.43. The summed E-state index contributed by atoms with van der Waals surface area (Å²) < 4.78 is 4.71. The van der Waals surface area contributed by atoms with E-state index in [0.717, 1.165) is 12.8 Å². The zero-order chi connectivity index (χ0) is 13.8. The third kappa shape index (κ3) is 3.20. The van der Waals surface area contributed by atoms with E-state index in [9.17, 15) is 14.4 Å². The van der Waals surface area contributed by atoms with Gasteiger partial charge in [-0.05, 0) is 12.8 Å². The third-order valence-electron chi connectivity index (χ3n) is 3.42. The maximum atomic E-state index is 12.4. The van der Waals surface area contributed by atoms with Crippen molar-refractivity contribution in [3.8, 4) is 0 Å². The summed E-state index contributed by atoms with van der Waals surface area (Å²) in [5.41, 5.74) is 0. The Hall–Kier alpha value is -1.24. The number of hydrogen-bond acceptors (Lipinski definition) is 5. The number of methoxy groups -OCH3 is 1. The van der Waals surface area contributed by atoms with Crippen LogP contribution in [-0.4, -0.2) is 53.5 Å². The van der Waals surface area contributed by atoms with Crippen LogP contribution in [0, 0.1) is 0 Å². The first kappa shape index (κ1) is 14.2. The number of esters is 1. The van der Waals surface area contributed by atoms with Gasteiger partial charge in [-0.15, -0.1) is 11.8 Å². The Morgan fingerprint density at radius 3 is 2.95 bits per heavy atom. The molecule has 2 aliphatic heterocycles. The lowest BCUT2D eigenvalue weighted by molar-refractivity contribution is -0.151. The first-order valence-corrected chi connectivity index (χ1v) is 7.54. The largest absolute Gasteiger partial charge is 0.467 e. The molecule has 1 N–H and O–H groups in total. The zero-order valence-electron chi connectivity index (χ0n) is 10.9.